The predicted molar refractivity (Wildman–Crippen MR) is 177 cm³/mol. The quantitative estimate of drug-likeness (QED) is 0.378. The highest BCUT2D eigenvalue weighted by atomic mass is 32.2. The number of hydrogen-bond donors (Lipinski definition) is 2. The normalized spacial score (nSPS) is 17.7. The number of aryl methyl sites for hydroxylation is 2. The van der Waals surface area contributed by atoms with Crippen molar-refractivity contribution in [3.63, 3.8) is 0 Å². The molecule has 0 saturated carbocycles. The summed E-state index contributed by atoms with van der Waals surface area (Å²) >= 11 is 0. The Balaban J connectivity index is 1.64. The van der Waals surface area contributed by atoms with Crippen molar-refractivity contribution in [3.05, 3.63) is 59.7 Å². The van der Waals surface area contributed by atoms with Crippen molar-refractivity contribution in [1.29, 1.82) is 0 Å². The summed E-state index contributed by atoms with van der Waals surface area (Å²) < 4.78 is 74.3. The number of hydrogen-bond acceptors (Lipinski definition) is 9. The molecule has 1 aliphatic rings. The van der Waals surface area contributed by atoms with Crippen LogP contribution in [0.5, 0.6) is 0 Å². The van der Waals surface area contributed by atoms with Gasteiger partial charge in [0.1, 0.15) is 12.1 Å². The standard InChI is InChI=1S/C32H48N4O9S2/c1-5-29(33-46(39,40)27-11-7-25(3)8-12-27)31(37)35-15-19-43-20-16-36(18-22-45-24-23-44-21-17-35)32(38)30(6-2)34-47(41,42)28-13-9-26(4)10-14-28/h7-14,29-30,33-34H,5-6,15-24H2,1-4H3/t29-,30-/m0/s1. The molecule has 0 spiro atoms. The minimum absolute atomic E-state index is 0.0745. The molecule has 2 atom stereocenters. The lowest BCUT2D eigenvalue weighted by atomic mass is 10.2. The van der Waals surface area contributed by atoms with Gasteiger partial charge in [-0.1, -0.05) is 49.2 Å². The van der Waals surface area contributed by atoms with Crippen molar-refractivity contribution in [3.8, 4) is 0 Å². The molecule has 0 radical (unpaired) electrons. The molecule has 2 amide bonds. The first-order valence-electron chi connectivity index (χ1n) is 15.9. The van der Waals surface area contributed by atoms with Gasteiger partial charge in [-0.15, -0.1) is 0 Å². The van der Waals surface area contributed by atoms with Gasteiger partial charge in [-0.2, -0.15) is 9.44 Å². The van der Waals surface area contributed by atoms with Crippen molar-refractivity contribution in [2.75, 3.05) is 65.8 Å². The van der Waals surface area contributed by atoms with E-state index in [1.54, 1.807) is 38.1 Å². The maximum atomic E-state index is 13.5. The van der Waals surface area contributed by atoms with Gasteiger partial charge in [0.25, 0.3) is 0 Å². The molecule has 1 saturated heterocycles. The Hall–Kier alpha value is -2.92. The molecule has 2 aromatic rings. The number of ether oxygens (including phenoxy) is 3. The first-order chi connectivity index (χ1) is 22.4. The van der Waals surface area contributed by atoms with Crippen LogP contribution >= 0.6 is 0 Å². The molecule has 1 heterocycles. The van der Waals surface area contributed by atoms with Gasteiger partial charge >= 0.3 is 0 Å². The fourth-order valence-corrected chi connectivity index (χ4v) is 7.34. The van der Waals surface area contributed by atoms with Gasteiger partial charge in [-0.3, -0.25) is 9.59 Å². The lowest BCUT2D eigenvalue weighted by Crippen LogP contribution is -2.50. The fraction of sp³-hybridized carbons (Fsp3) is 0.562. The molecule has 262 valence electrons. The maximum absolute atomic E-state index is 13.5. The highest BCUT2D eigenvalue weighted by molar-refractivity contribution is 7.89. The van der Waals surface area contributed by atoms with Gasteiger partial charge < -0.3 is 24.0 Å². The Morgan fingerprint density at radius 2 is 0.894 bits per heavy atom. The number of sulfonamides is 2. The highest BCUT2D eigenvalue weighted by Crippen LogP contribution is 2.14. The van der Waals surface area contributed by atoms with Crippen molar-refractivity contribution in [2.24, 2.45) is 0 Å². The summed E-state index contributed by atoms with van der Waals surface area (Å²) in [5.41, 5.74) is 1.83. The van der Waals surface area contributed by atoms with Gasteiger partial charge in [0, 0.05) is 26.2 Å². The van der Waals surface area contributed by atoms with E-state index in [0.29, 0.717) is 0 Å². The average Bonchev–Trinajstić information content (AvgIpc) is 3.05. The summed E-state index contributed by atoms with van der Waals surface area (Å²) in [6.07, 6.45) is 0.471. The van der Waals surface area contributed by atoms with E-state index >= 15 is 0 Å². The van der Waals surface area contributed by atoms with Gasteiger partial charge in [-0.05, 0) is 51.0 Å². The molecule has 0 aliphatic carbocycles. The molecule has 2 N–H and O–H groups in total. The molecule has 13 nitrogen and oxygen atoms in total. The smallest absolute Gasteiger partial charge is 0.241 e. The van der Waals surface area contributed by atoms with E-state index in [2.05, 4.69) is 9.44 Å². The maximum Gasteiger partial charge on any atom is 0.241 e. The summed E-state index contributed by atoms with van der Waals surface area (Å²) in [5.74, 6) is -0.807. The lowest BCUT2D eigenvalue weighted by molar-refractivity contribution is -0.134. The van der Waals surface area contributed by atoms with E-state index in [1.165, 1.54) is 34.1 Å². The van der Waals surface area contributed by atoms with E-state index in [-0.39, 0.29) is 88.5 Å². The Kier molecular flexibility index (Phi) is 15.2. The molecule has 1 aliphatic heterocycles. The molecule has 47 heavy (non-hydrogen) atoms. The fourth-order valence-electron chi connectivity index (χ4n) is 4.79. The van der Waals surface area contributed by atoms with Crippen LogP contribution in [0.4, 0.5) is 0 Å². The summed E-state index contributed by atoms with van der Waals surface area (Å²) in [6, 6.07) is 10.8. The molecule has 0 unspecified atom stereocenters. The number of nitrogens with one attached hydrogen (secondary N) is 2. The summed E-state index contributed by atoms with van der Waals surface area (Å²) in [6.45, 7) is 9.12. The number of carbonyl (C=O) groups excluding carboxylic acids is 2. The number of rotatable bonds is 10. The molecule has 15 heteroatoms. The molecule has 3 rings (SSSR count). The molecule has 1 fully saturated rings. The van der Waals surface area contributed by atoms with E-state index in [1.807, 2.05) is 13.8 Å². The second kappa shape index (κ2) is 18.6. The molecule has 2 aromatic carbocycles. The van der Waals surface area contributed by atoms with Gasteiger partial charge in [0.15, 0.2) is 0 Å². The zero-order chi connectivity index (χ0) is 34.5. The second-order valence-corrected chi connectivity index (χ2v) is 14.7. The lowest BCUT2D eigenvalue weighted by Gasteiger charge is -2.28. The zero-order valence-electron chi connectivity index (χ0n) is 27.6. The first-order valence-corrected chi connectivity index (χ1v) is 18.8. The Labute approximate surface area is 279 Å². The van der Waals surface area contributed by atoms with Gasteiger partial charge in [0.2, 0.25) is 31.9 Å². The van der Waals surface area contributed by atoms with Crippen LogP contribution in [0.2, 0.25) is 0 Å². The van der Waals surface area contributed by atoms with Crippen molar-refractivity contribution >= 4 is 31.9 Å². The van der Waals surface area contributed by atoms with Crippen LogP contribution in [0.15, 0.2) is 58.3 Å². The highest BCUT2D eigenvalue weighted by Gasteiger charge is 2.30. The molecular formula is C32H48N4O9S2. The third-order valence-electron chi connectivity index (χ3n) is 7.69. The minimum Gasteiger partial charge on any atom is -0.378 e. The summed E-state index contributed by atoms with van der Waals surface area (Å²) in [5, 5.41) is 0. The van der Waals surface area contributed by atoms with E-state index < -0.39 is 43.9 Å². The zero-order valence-corrected chi connectivity index (χ0v) is 29.3. The second-order valence-electron chi connectivity index (χ2n) is 11.3. The van der Waals surface area contributed by atoms with Crippen LogP contribution in [0.3, 0.4) is 0 Å². The number of carbonyl (C=O) groups is 2. The number of nitrogens with zero attached hydrogens (tertiary/aromatic N) is 2. The number of amides is 2. The van der Waals surface area contributed by atoms with Crippen LogP contribution in [-0.4, -0.2) is 116 Å². The van der Waals surface area contributed by atoms with Crippen molar-refractivity contribution in [2.45, 2.75) is 62.4 Å². The largest absolute Gasteiger partial charge is 0.378 e. The van der Waals surface area contributed by atoms with Gasteiger partial charge in [-0.25, -0.2) is 16.8 Å². The van der Waals surface area contributed by atoms with E-state index in [9.17, 15) is 26.4 Å². The van der Waals surface area contributed by atoms with Crippen molar-refractivity contribution < 1.29 is 40.6 Å². The molecular weight excluding hydrogens is 649 g/mol. The third kappa shape index (κ3) is 11.9. The predicted octanol–water partition coefficient (Wildman–Crippen LogP) is 1.84. The SMILES string of the molecule is CC[C@H](NS(=O)(=O)c1ccc(C)cc1)C(=O)N1CCOCCOCCN(C(=O)[C@H](CC)NS(=O)(=O)c2ccc(C)cc2)CCOCC1. The van der Waals surface area contributed by atoms with Crippen LogP contribution in [0.1, 0.15) is 37.8 Å². The Morgan fingerprint density at radius 1 is 0.596 bits per heavy atom. The Morgan fingerprint density at radius 3 is 1.19 bits per heavy atom. The first kappa shape index (κ1) is 38.5. The van der Waals surface area contributed by atoms with Crippen LogP contribution in [0.25, 0.3) is 0 Å². The third-order valence-corrected chi connectivity index (χ3v) is 10.7. The minimum atomic E-state index is -3.93. The molecule has 0 bridgehead atoms. The van der Waals surface area contributed by atoms with Crippen LogP contribution in [0, 0.1) is 13.8 Å². The summed E-state index contributed by atoms with van der Waals surface area (Å²) in [4.78, 5) is 30.2. The van der Waals surface area contributed by atoms with E-state index in [0.717, 1.165) is 11.1 Å². The monoisotopic (exact) mass is 696 g/mol. The van der Waals surface area contributed by atoms with Crippen LogP contribution < -0.4 is 9.44 Å². The van der Waals surface area contributed by atoms with E-state index in [4.69, 9.17) is 14.2 Å². The topological polar surface area (TPSA) is 161 Å². The molecule has 0 aromatic heterocycles. The number of benzene rings is 2. The van der Waals surface area contributed by atoms with Gasteiger partial charge in [0.05, 0.1) is 49.4 Å². The average molecular weight is 697 g/mol. The summed E-state index contributed by atoms with van der Waals surface area (Å²) in [7, 11) is -7.87. The van der Waals surface area contributed by atoms with Crippen molar-refractivity contribution in [1.82, 2.24) is 19.2 Å². The van der Waals surface area contributed by atoms with Crippen LogP contribution in [-0.2, 0) is 43.8 Å². The Bertz CT molecular complexity index is 1390.